The van der Waals surface area contributed by atoms with Crippen molar-refractivity contribution in [3.8, 4) is 0 Å². The summed E-state index contributed by atoms with van der Waals surface area (Å²) in [4.78, 5) is 39.2. The Morgan fingerprint density at radius 1 is 1.15 bits per heavy atom. The highest BCUT2D eigenvalue weighted by atomic mass is 79.9. The fraction of sp³-hybridized carbons (Fsp3) is 0.550. The Morgan fingerprint density at radius 2 is 1.81 bits per heavy atom. The summed E-state index contributed by atoms with van der Waals surface area (Å²) in [6.07, 6.45) is 5.06. The molecule has 1 atom stereocenters. The molecule has 2 fully saturated rings. The molecule has 2 N–H and O–H groups in total. The van der Waals surface area contributed by atoms with Crippen LogP contribution < -0.4 is 10.6 Å². The number of amides is 3. The van der Waals surface area contributed by atoms with Crippen LogP contribution >= 0.6 is 15.9 Å². The molecule has 1 saturated heterocycles. The van der Waals surface area contributed by atoms with Crippen molar-refractivity contribution in [2.75, 3.05) is 20.1 Å². The maximum absolute atomic E-state index is 13.1. The van der Waals surface area contributed by atoms with Crippen LogP contribution in [-0.2, 0) is 19.8 Å². The first-order chi connectivity index (χ1) is 13.0. The molecule has 0 aromatic heterocycles. The van der Waals surface area contributed by atoms with Gasteiger partial charge in [-0.05, 0) is 43.4 Å². The molecule has 3 amide bonds. The van der Waals surface area contributed by atoms with Crippen LogP contribution in [0.5, 0.6) is 0 Å². The minimum absolute atomic E-state index is 0.0649. The lowest BCUT2D eigenvalue weighted by molar-refractivity contribution is -0.139. The van der Waals surface area contributed by atoms with E-state index in [0.29, 0.717) is 13.0 Å². The highest BCUT2D eigenvalue weighted by Crippen LogP contribution is 2.41. The molecule has 0 bridgehead atoms. The second-order valence-electron chi connectivity index (χ2n) is 7.34. The Labute approximate surface area is 168 Å². The van der Waals surface area contributed by atoms with Gasteiger partial charge in [0.1, 0.15) is 6.04 Å². The number of hydrogen-bond donors (Lipinski definition) is 2. The molecule has 1 heterocycles. The molecule has 0 radical (unpaired) electrons. The third kappa shape index (κ3) is 4.03. The summed E-state index contributed by atoms with van der Waals surface area (Å²) in [5.41, 5.74) is 0.434. The van der Waals surface area contributed by atoms with Gasteiger partial charge in [-0.25, -0.2) is 0 Å². The van der Waals surface area contributed by atoms with Crippen molar-refractivity contribution in [2.24, 2.45) is 0 Å². The van der Waals surface area contributed by atoms with Gasteiger partial charge >= 0.3 is 0 Å². The Hall–Kier alpha value is -1.89. The van der Waals surface area contributed by atoms with Crippen LogP contribution in [0.4, 0.5) is 0 Å². The smallest absolute Gasteiger partial charge is 0.242 e. The van der Waals surface area contributed by atoms with Gasteiger partial charge in [0.15, 0.2) is 0 Å². The van der Waals surface area contributed by atoms with Gasteiger partial charge in [-0.2, -0.15) is 0 Å². The molecule has 7 heteroatoms. The van der Waals surface area contributed by atoms with Crippen molar-refractivity contribution in [3.63, 3.8) is 0 Å². The highest BCUT2D eigenvalue weighted by Gasteiger charge is 2.43. The van der Waals surface area contributed by atoms with Crippen molar-refractivity contribution in [2.45, 2.75) is 50.0 Å². The SMILES string of the molecule is CNC(=O)C1CCCN1C(=O)CNC(=O)C1(c2ccc(Br)cc2)CCCC1. The summed E-state index contributed by atoms with van der Waals surface area (Å²) >= 11 is 3.44. The molecule has 1 aromatic carbocycles. The predicted molar refractivity (Wildman–Crippen MR) is 106 cm³/mol. The summed E-state index contributed by atoms with van der Waals surface area (Å²) in [7, 11) is 1.58. The number of nitrogens with one attached hydrogen (secondary N) is 2. The number of benzene rings is 1. The van der Waals surface area contributed by atoms with Crippen LogP contribution in [0.25, 0.3) is 0 Å². The van der Waals surface area contributed by atoms with E-state index >= 15 is 0 Å². The van der Waals surface area contributed by atoms with E-state index < -0.39 is 11.5 Å². The van der Waals surface area contributed by atoms with Gasteiger partial charge in [-0.15, -0.1) is 0 Å². The molecule has 1 aliphatic heterocycles. The van der Waals surface area contributed by atoms with Gasteiger partial charge in [0.25, 0.3) is 0 Å². The lowest BCUT2D eigenvalue weighted by Gasteiger charge is -2.29. The molecule has 2 aliphatic rings. The monoisotopic (exact) mass is 435 g/mol. The first kappa shape index (κ1) is 19.9. The number of hydrogen-bond acceptors (Lipinski definition) is 3. The van der Waals surface area contributed by atoms with Gasteiger partial charge < -0.3 is 15.5 Å². The maximum Gasteiger partial charge on any atom is 0.242 e. The largest absolute Gasteiger partial charge is 0.357 e. The topological polar surface area (TPSA) is 78.5 Å². The number of likely N-dealkylation sites (tertiary alicyclic amines) is 1. The number of carbonyl (C=O) groups excluding carboxylic acids is 3. The second-order valence-corrected chi connectivity index (χ2v) is 8.25. The Kier molecular flexibility index (Phi) is 6.19. The number of rotatable bonds is 5. The van der Waals surface area contributed by atoms with Crippen molar-refractivity contribution < 1.29 is 14.4 Å². The van der Waals surface area contributed by atoms with Gasteiger partial charge in [-0.1, -0.05) is 40.9 Å². The first-order valence-electron chi connectivity index (χ1n) is 9.53. The van der Waals surface area contributed by atoms with E-state index in [0.717, 1.165) is 42.1 Å². The minimum atomic E-state index is -0.563. The lowest BCUT2D eigenvalue weighted by Crippen LogP contribution is -2.50. The molecule has 1 aliphatic carbocycles. The first-order valence-corrected chi connectivity index (χ1v) is 10.3. The van der Waals surface area contributed by atoms with Gasteiger partial charge in [0, 0.05) is 18.1 Å². The molecule has 3 rings (SSSR count). The van der Waals surface area contributed by atoms with Crippen LogP contribution in [0, 0.1) is 0 Å². The second kappa shape index (κ2) is 8.42. The maximum atomic E-state index is 13.1. The van der Waals surface area contributed by atoms with E-state index in [1.54, 1.807) is 11.9 Å². The van der Waals surface area contributed by atoms with Crippen molar-refractivity contribution in [3.05, 3.63) is 34.3 Å². The van der Waals surface area contributed by atoms with Crippen LogP contribution in [0.3, 0.4) is 0 Å². The molecular formula is C20H26BrN3O3. The van der Waals surface area contributed by atoms with Gasteiger partial charge in [-0.3, -0.25) is 14.4 Å². The highest BCUT2D eigenvalue weighted by molar-refractivity contribution is 9.10. The molecule has 146 valence electrons. The normalized spacial score (nSPS) is 21.1. The van der Waals surface area contributed by atoms with Crippen LogP contribution in [0.2, 0.25) is 0 Å². The lowest BCUT2D eigenvalue weighted by atomic mass is 9.78. The summed E-state index contributed by atoms with van der Waals surface area (Å²) in [5.74, 6) is -0.431. The van der Waals surface area contributed by atoms with E-state index in [1.165, 1.54) is 0 Å². The van der Waals surface area contributed by atoms with Crippen LogP contribution in [0.15, 0.2) is 28.7 Å². The zero-order valence-corrected chi connectivity index (χ0v) is 17.2. The summed E-state index contributed by atoms with van der Waals surface area (Å²) < 4.78 is 0.976. The Balaban J connectivity index is 1.67. The number of nitrogens with zero attached hydrogens (tertiary/aromatic N) is 1. The standard InChI is InChI=1S/C20H26BrN3O3/c1-22-18(26)16-5-4-12-24(16)17(25)13-23-19(27)20(10-2-3-11-20)14-6-8-15(21)9-7-14/h6-9,16H,2-5,10-13H2,1H3,(H,22,26)(H,23,27). The molecule has 6 nitrogen and oxygen atoms in total. The fourth-order valence-corrected chi connectivity index (χ4v) is 4.59. The molecular weight excluding hydrogens is 410 g/mol. The summed E-state index contributed by atoms with van der Waals surface area (Å²) in [6.45, 7) is 0.495. The summed E-state index contributed by atoms with van der Waals surface area (Å²) in [5, 5.41) is 5.47. The zero-order chi connectivity index (χ0) is 19.4. The van der Waals surface area contributed by atoms with E-state index in [2.05, 4.69) is 26.6 Å². The van der Waals surface area contributed by atoms with Gasteiger partial charge in [0.05, 0.1) is 12.0 Å². The van der Waals surface area contributed by atoms with E-state index in [9.17, 15) is 14.4 Å². The Morgan fingerprint density at radius 3 is 2.44 bits per heavy atom. The van der Waals surface area contributed by atoms with E-state index in [4.69, 9.17) is 0 Å². The quantitative estimate of drug-likeness (QED) is 0.743. The van der Waals surface area contributed by atoms with Crippen LogP contribution in [0.1, 0.15) is 44.1 Å². The third-order valence-electron chi connectivity index (χ3n) is 5.81. The van der Waals surface area contributed by atoms with Crippen molar-refractivity contribution >= 4 is 33.7 Å². The fourth-order valence-electron chi connectivity index (χ4n) is 4.33. The van der Waals surface area contributed by atoms with E-state index in [1.807, 2.05) is 24.3 Å². The number of halogens is 1. The van der Waals surface area contributed by atoms with Crippen molar-refractivity contribution in [1.29, 1.82) is 0 Å². The number of carbonyl (C=O) groups is 3. The molecule has 1 saturated carbocycles. The molecule has 1 aromatic rings. The van der Waals surface area contributed by atoms with Crippen LogP contribution in [-0.4, -0.2) is 48.8 Å². The molecule has 27 heavy (non-hydrogen) atoms. The summed E-state index contributed by atoms with van der Waals surface area (Å²) in [6, 6.07) is 7.45. The average molecular weight is 436 g/mol. The minimum Gasteiger partial charge on any atom is -0.357 e. The number of likely N-dealkylation sites (N-methyl/N-ethyl adjacent to an activating group) is 1. The van der Waals surface area contributed by atoms with Crippen molar-refractivity contribution in [1.82, 2.24) is 15.5 Å². The molecule has 1 unspecified atom stereocenters. The zero-order valence-electron chi connectivity index (χ0n) is 15.6. The predicted octanol–water partition coefficient (Wildman–Crippen LogP) is 2.11. The Bertz CT molecular complexity index is 714. The van der Waals surface area contributed by atoms with Gasteiger partial charge in [0.2, 0.25) is 17.7 Å². The third-order valence-corrected chi connectivity index (χ3v) is 6.34. The van der Waals surface area contributed by atoms with E-state index in [-0.39, 0.29) is 24.3 Å². The average Bonchev–Trinajstić information content (AvgIpc) is 3.36. The molecule has 0 spiro atoms.